The monoisotopic (exact) mass is 285 g/mol. The van der Waals surface area contributed by atoms with Gasteiger partial charge >= 0.3 is 0 Å². The molecule has 0 aliphatic heterocycles. The fraction of sp³-hybridized carbons (Fsp3) is 1.00. The van der Waals surface area contributed by atoms with Crippen molar-refractivity contribution in [1.82, 2.24) is 4.31 Å². The lowest BCUT2D eigenvalue weighted by Gasteiger charge is -2.27. The average Bonchev–Trinajstić information content (AvgIpc) is 2.52. The summed E-state index contributed by atoms with van der Waals surface area (Å²) in [6.45, 7) is 0.209. The van der Waals surface area contributed by atoms with Crippen molar-refractivity contribution in [2.75, 3.05) is 18.3 Å². The van der Waals surface area contributed by atoms with Crippen LogP contribution in [0.3, 0.4) is 0 Å². The predicted octanol–water partition coefficient (Wildman–Crippen LogP) is 0.906. The van der Waals surface area contributed by atoms with E-state index in [1.807, 2.05) is 0 Å². The van der Waals surface area contributed by atoms with Crippen LogP contribution in [0.15, 0.2) is 0 Å². The molecule has 0 atom stereocenters. The van der Waals surface area contributed by atoms with Crippen molar-refractivity contribution < 1.29 is 13.5 Å². The van der Waals surface area contributed by atoms with E-state index in [1.165, 1.54) is 11.4 Å². The third-order valence-electron chi connectivity index (χ3n) is 2.66. The molecule has 1 saturated carbocycles. The summed E-state index contributed by atoms with van der Waals surface area (Å²) in [5.41, 5.74) is -0.802. The molecule has 0 heterocycles. The zero-order valence-electron chi connectivity index (χ0n) is 8.24. The lowest BCUT2D eigenvalue weighted by molar-refractivity contribution is 0.0334. The van der Waals surface area contributed by atoms with Gasteiger partial charge in [-0.2, -0.15) is 0 Å². The standard InChI is InChI=1S/C8H16BrNO3S/c1-10(14(12,13)7-9)6-8(11)4-2-3-5-8/h11H,2-7H2,1H3. The molecule has 0 aromatic rings. The zero-order valence-corrected chi connectivity index (χ0v) is 10.6. The summed E-state index contributed by atoms with van der Waals surface area (Å²) >= 11 is 2.93. The summed E-state index contributed by atoms with van der Waals surface area (Å²) in [7, 11) is -1.73. The maximum atomic E-state index is 11.4. The van der Waals surface area contributed by atoms with Crippen molar-refractivity contribution in [3.05, 3.63) is 0 Å². The SMILES string of the molecule is CN(CC1(O)CCCC1)S(=O)(=O)CBr. The van der Waals surface area contributed by atoms with Gasteiger partial charge in [-0.15, -0.1) is 0 Å². The maximum absolute atomic E-state index is 11.4. The van der Waals surface area contributed by atoms with Crippen LogP contribution in [-0.4, -0.2) is 41.7 Å². The second-order valence-corrected chi connectivity index (χ2v) is 7.29. The number of alkyl halides is 1. The van der Waals surface area contributed by atoms with Crippen molar-refractivity contribution >= 4 is 26.0 Å². The first-order valence-electron chi connectivity index (χ1n) is 4.62. The van der Waals surface area contributed by atoms with Gasteiger partial charge in [0.1, 0.15) is 4.66 Å². The molecule has 0 amide bonds. The van der Waals surface area contributed by atoms with Crippen LogP contribution in [0, 0.1) is 0 Å². The minimum atomic E-state index is -3.23. The number of hydrogen-bond acceptors (Lipinski definition) is 3. The van der Waals surface area contributed by atoms with E-state index in [4.69, 9.17) is 0 Å². The third kappa shape index (κ3) is 2.92. The first-order chi connectivity index (χ1) is 6.40. The highest BCUT2D eigenvalue weighted by Gasteiger charge is 2.34. The van der Waals surface area contributed by atoms with Crippen LogP contribution >= 0.6 is 15.9 Å². The molecule has 0 spiro atoms. The molecule has 1 aliphatic rings. The van der Waals surface area contributed by atoms with Gasteiger partial charge in [0, 0.05) is 13.6 Å². The molecule has 1 N–H and O–H groups in total. The van der Waals surface area contributed by atoms with Crippen molar-refractivity contribution in [2.45, 2.75) is 31.3 Å². The summed E-state index contributed by atoms with van der Waals surface area (Å²) in [6.07, 6.45) is 3.38. The van der Waals surface area contributed by atoms with Crippen LogP contribution in [0.5, 0.6) is 0 Å². The van der Waals surface area contributed by atoms with Crippen LogP contribution in [0.25, 0.3) is 0 Å². The zero-order chi connectivity index (χ0) is 10.8. The van der Waals surface area contributed by atoms with Gasteiger partial charge in [0.2, 0.25) is 10.0 Å². The molecule has 0 bridgehead atoms. The molecule has 6 heteroatoms. The largest absolute Gasteiger partial charge is 0.389 e. The summed E-state index contributed by atoms with van der Waals surface area (Å²) < 4.78 is 23.9. The number of nitrogens with zero attached hydrogens (tertiary/aromatic N) is 1. The molecular formula is C8H16BrNO3S. The van der Waals surface area contributed by atoms with Crippen molar-refractivity contribution in [3.8, 4) is 0 Å². The van der Waals surface area contributed by atoms with E-state index < -0.39 is 15.6 Å². The average molecular weight is 286 g/mol. The minimum absolute atomic E-state index is 0.0907. The number of sulfonamides is 1. The molecular weight excluding hydrogens is 270 g/mol. The molecule has 1 aliphatic carbocycles. The quantitative estimate of drug-likeness (QED) is 0.781. The van der Waals surface area contributed by atoms with Gasteiger partial charge in [0.05, 0.1) is 5.60 Å². The number of rotatable bonds is 4. The van der Waals surface area contributed by atoms with Crippen molar-refractivity contribution in [3.63, 3.8) is 0 Å². The fourth-order valence-electron chi connectivity index (χ4n) is 1.79. The van der Waals surface area contributed by atoms with Crippen LogP contribution in [0.4, 0.5) is 0 Å². The van der Waals surface area contributed by atoms with Crippen LogP contribution in [0.1, 0.15) is 25.7 Å². The second kappa shape index (κ2) is 4.47. The molecule has 0 aromatic carbocycles. The van der Waals surface area contributed by atoms with Crippen molar-refractivity contribution in [2.24, 2.45) is 0 Å². The highest BCUT2D eigenvalue weighted by Crippen LogP contribution is 2.30. The molecule has 14 heavy (non-hydrogen) atoms. The van der Waals surface area contributed by atoms with Gasteiger partial charge in [0.25, 0.3) is 0 Å². The molecule has 0 saturated heterocycles. The molecule has 4 nitrogen and oxygen atoms in total. The normalized spacial score (nSPS) is 21.7. The minimum Gasteiger partial charge on any atom is -0.389 e. The lowest BCUT2D eigenvalue weighted by Crippen LogP contribution is -2.42. The highest BCUT2D eigenvalue weighted by molar-refractivity contribution is 9.10. The summed E-state index contributed by atoms with van der Waals surface area (Å²) in [4.78, 5) is 0. The van der Waals surface area contributed by atoms with E-state index >= 15 is 0 Å². The topological polar surface area (TPSA) is 57.6 Å². The summed E-state index contributed by atoms with van der Waals surface area (Å²) in [6, 6.07) is 0. The van der Waals surface area contributed by atoms with Gasteiger partial charge in [-0.25, -0.2) is 12.7 Å². The molecule has 0 unspecified atom stereocenters. The van der Waals surface area contributed by atoms with Crippen molar-refractivity contribution in [1.29, 1.82) is 0 Å². The second-order valence-electron chi connectivity index (χ2n) is 3.91. The maximum Gasteiger partial charge on any atom is 0.223 e. The Balaban J connectivity index is 2.60. The Bertz CT molecular complexity index is 285. The fourth-order valence-corrected chi connectivity index (χ4v) is 3.44. The molecule has 1 fully saturated rings. The number of aliphatic hydroxyl groups is 1. The summed E-state index contributed by atoms with van der Waals surface area (Å²) in [5, 5.41) is 10.00. The van der Waals surface area contributed by atoms with Gasteiger partial charge in [-0.1, -0.05) is 28.8 Å². The van der Waals surface area contributed by atoms with E-state index in [1.54, 1.807) is 0 Å². The van der Waals surface area contributed by atoms with Crippen LogP contribution in [-0.2, 0) is 10.0 Å². The number of hydrogen-bond donors (Lipinski definition) is 1. The Hall–Kier alpha value is 0.350. The molecule has 1 rings (SSSR count). The Morgan fingerprint density at radius 3 is 2.36 bits per heavy atom. The first-order valence-corrected chi connectivity index (χ1v) is 7.35. The van der Waals surface area contributed by atoms with E-state index in [0.29, 0.717) is 12.8 Å². The van der Waals surface area contributed by atoms with Crippen LogP contribution < -0.4 is 0 Å². The molecule has 84 valence electrons. The van der Waals surface area contributed by atoms with E-state index in [-0.39, 0.29) is 11.2 Å². The molecule has 0 aromatic heterocycles. The van der Waals surface area contributed by atoms with Gasteiger partial charge in [-0.05, 0) is 12.8 Å². The van der Waals surface area contributed by atoms with Gasteiger partial charge in [-0.3, -0.25) is 0 Å². The van der Waals surface area contributed by atoms with Crippen LogP contribution in [0.2, 0.25) is 0 Å². The Morgan fingerprint density at radius 1 is 1.43 bits per heavy atom. The van der Waals surface area contributed by atoms with E-state index in [2.05, 4.69) is 15.9 Å². The number of halogens is 1. The summed E-state index contributed by atoms with van der Waals surface area (Å²) in [5.74, 6) is 0. The van der Waals surface area contributed by atoms with Gasteiger partial charge in [0.15, 0.2) is 0 Å². The molecule has 0 radical (unpaired) electrons. The highest BCUT2D eigenvalue weighted by atomic mass is 79.9. The predicted molar refractivity (Wildman–Crippen MR) is 58.8 cm³/mol. The van der Waals surface area contributed by atoms with E-state index in [0.717, 1.165) is 12.8 Å². The number of likely N-dealkylation sites (N-methyl/N-ethyl adjacent to an activating group) is 1. The van der Waals surface area contributed by atoms with Gasteiger partial charge < -0.3 is 5.11 Å². The lowest BCUT2D eigenvalue weighted by atomic mass is 10.0. The Morgan fingerprint density at radius 2 is 1.93 bits per heavy atom. The third-order valence-corrected chi connectivity index (χ3v) is 5.75. The Labute approximate surface area is 93.5 Å². The smallest absolute Gasteiger partial charge is 0.223 e. The Kier molecular flexibility index (Phi) is 3.96. The van der Waals surface area contributed by atoms with E-state index in [9.17, 15) is 13.5 Å². The first kappa shape index (κ1) is 12.4.